The third-order valence-electron chi connectivity index (χ3n) is 3.03. The van der Waals surface area contributed by atoms with Crippen molar-refractivity contribution in [3.05, 3.63) is 28.2 Å². The zero-order valence-corrected chi connectivity index (χ0v) is 14.5. The molecule has 20 heavy (non-hydrogen) atoms. The maximum atomic E-state index is 5.84. The number of ether oxygens (including phenoxy) is 2. The molecule has 4 heteroatoms. The monoisotopic (exact) mass is 343 g/mol. The molecule has 0 aliphatic rings. The summed E-state index contributed by atoms with van der Waals surface area (Å²) in [7, 11) is 0. The van der Waals surface area contributed by atoms with Gasteiger partial charge >= 0.3 is 0 Å². The smallest absolute Gasteiger partial charge is 0.120 e. The minimum absolute atomic E-state index is 0.0586. The fourth-order valence-electron chi connectivity index (χ4n) is 1.95. The van der Waals surface area contributed by atoms with Crippen molar-refractivity contribution < 1.29 is 9.47 Å². The van der Waals surface area contributed by atoms with Crippen molar-refractivity contribution in [1.82, 2.24) is 5.32 Å². The lowest BCUT2D eigenvalue weighted by Gasteiger charge is -2.18. The first-order valence-electron chi connectivity index (χ1n) is 7.35. The molecule has 0 saturated heterocycles. The average molecular weight is 344 g/mol. The highest BCUT2D eigenvalue weighted by molar-refractivity contribution is 9.10. The van der Waals surface area contributed by atoms with E-state index in [2.05, 4.69) is 41.2 Å². The molecule has 0 aromatic heterocycles. The van der Waals surface area contributed by atoms with Crippen molar-refractivity contribution in [2.24, 2.45) is 0 Å². The topological polar surface area (TPSA) is 30.5 Å². The van der Waals surface area contributed by atoms with Gasteiger partial charge in [0.1, 0.15) is 11.9 Å². The van der Waals surface area contributed by atoms with E-state index in [1.807, 2.05) is 26.0 Å². The van der Waals surface area contributed by atoms with Gasteiger partial charge in [0.15, 0.2) is 0 Å². The summed E-state index contributed by atoms with van der Waals surface area (Å²) in [5.41, 5.74) is 1.25. The van der Waals surface area contributed by atoms with Crippen LogP contribution in [0.5, 0.6) is 5.75 Å². The Morgan fingerprint density at radius 3 is 2.60 bits per heavy atom. The van der Waals surface area contributed by atoms with Crippen LogP contribution in [0.1, 0.15) is 45.7 Å². The predicted octanol–water partition coefficient (Wildman–Crippen LogP) is 4.31. The summed E-state index contributed by atoms with van der Waals surface area (Å²) in [4.78, 5) is 0. The Morgan fingerprint density at radius 2 is 2.00 bits per heavy atom. The largest absolute Gasteiger partial charge is 0.488 e. The van der Waals surface area contributed by atoms with Crippen LogP contribution in [-0.2, 0) is 4.74 Å². The van der Waals surface area contributed by atoms with E-state index in [1.54, 1.807) is 0 Å². The average Bonchev–Trinajstić information content (AvgIpc) is 2.42. The van der Waals surface area contributed by atoms with E-state index in [4.69, 9.17) is 9.47 Å². The third kappa shape index (κ3) is 5.81. The molecule has 114 valence electrons. The van der Waals surface area contributed by atoms with E-state index >= 15 is 0 Å². The standard InChI is InChI=1S/C16H26BrNO2/c1-5-9-18-13(4)15-8-7-14(10-16(15)17)20-12(3)11-19-6-2/h7-8,10,12-13,18H,5-6,9,11H2,1-4H3. The third-order valence-corrected chi connectivity index (χ3v) is 3.72. The number of halogens is 1. The lowest BCUT2D eigenvalue weighted by Crippen LogP contribution is -2.20. The van der Waals surface area contributed by atoms with E-state index in [1.165, 1.54) is 5.56 Å². The molecule has 0 saturated carbocycles. The van der Waals surface area contributed by atoms with Crippen LogP contribution >= 0.6 is 15.9 Å². The molecular weight excluding hydrogens is 318 g/mol. The Balaban J connectivity index is 2.62. The van der Waals surface area contributed by atoms with E-state index < -0.39 is 0 Å². The maximum Gasteiger partial charge on any atom is 0.120 e. The van der Waals surface area contributed by atoms with Gasteiger partial charge in [-0.2, -0.15) is 0 Å². The summed E-state index contributed by atoms with van der Waals surface area (Å²) >= 11 is 3.63. The zero-order chi connectivity index (χ0) is 15.0. The first-order valence-corrected chi connectivity index (χ1v) is 8.15. The van der Waals surface area contributed by atoms with Crippen LogP contribution in [0.3, 0.4) is 0 Å². The molecule has 0 bridgehead atoms. The molecule has 2 atom stereocenters. The molecule has 0 aliphatic heterocycles. The van der Waals surface area contributed by atoms with Gasteiger partial charge in [-0.3, -0.25) is 0 Å². The summed E-state index contributed by atoms with van der Waals surface area (Å²) in [6.07, 6.45) is 1.20. The Morgan fingerprint density at radius 1 is 1.25 bits per heavy atom. The molecule has 0 spiro atoms. The number of benzene rings is 1. The van der Waals surface area contributed by atoms with Crippen LogP contribution in [0.15, 0.2) is 22.7 Å². The van der Waals surface area contributed by atoms with Gasteiger partial charge < -0.3 is 14.8 Å². The molecule has 0 amide bonds. The normalized spacial score (nSPS) is 14.1. The lowest BCUT2D eigenvalue weighted by molar-refractivity contribution is 0.0657. The van der Waals surface area contributed by atoms with Crippen LogP contribution < -0.4 is 10.1 Å². The second-order valence-corrected chi connectivity index (χ2v) is 5.80. The van der Waals surface area contributed by atoms with E-state index in [-0.39, 0.29) is 6.10 Å². The van der Waals surface area contributed by atoms with Gasteiger partial charge in [-0.25, -0.2) is 0 Å². The summed E-state index contributed by atoms with van der Waals surface area (Å²) < 4.78 is 12.3. The molecule has 0 radical (unpaired) electrons. The van der Waals surface area contributed by atoms with Crippen molar-refractivity contribution in [3.63, 3.8) is 0 Å². The first kappa shape index (κ1) is 17.5. The van der Waals surface area contributed by atoms with Gasteiger partial charge in [0.25, 0.3) is 0 Å². The quantitative estimate of drug-likeness (QED) is 0.724. The summed E-state index contributed by atoms with van der Waals surface area (Å²) in [6, 6.07) is 6.49. The van der Waals surface area contributed by atoms with Crippen LogP contribution in [0.4, 0.5) is 0 Å². The number of hydrogen-bond donors (Lipinski definition) is 1. The molecule has 1 rings (SSSR count). The van der Waals surface area contributed by atoms with E-state index in [9.17, 15) is 0 Å². The molecule has 2 unspecified atom stereocenters. The number of nitrogens with one attached hydrogen (secondary N) is 1. The number of hydrogen-bond acceptors (Lipinski definition) is 3. The fourth-order valence-corrected chi connectivity index (χ4v) is 2.65. The summed E-state index contributed by atoms with van der Waals surface area (Å²) in [6.45, 7) is 10.7. The second-order valence-electron chi connectivity index (χ2n) is 4.95. The summed E-state index contributed by atoms with van der Waals surface area (Å²) in [5.74, 6) is 0.871. The van der Waals surface area contributed by atoms with E-state index in [0.717, 1.165) is 29.8 Å². The molecule has 0 heterocycles. The minimum Gasteiger partial charge on any atom is -0.488 e. The second kappa shape index (κ2) is 9.37. The fraction of sp³-hybridized carbons (Fsp3) is 0.625. The molecule has 3 nitrogen and oxygen atoms in total. The Labute approximate surface area is 131 Å². The van der Waals surface area contributed by atoms with Crippen LogP contribution in [0.25, 0.3) is 0 Å². The van der Waals surface area contributed by atoms with Crippen LogP contribution in [0.2, 0.25) is 0 Å². The van der Waals surface area contributed by atoms with Crippen molar-refractivity contribution >= 4 is 15.9 Å². The van der Waals surface area contributed by atoms with Crippen LogP contribution in [-0.4, -0.2) is 25.9 Å². The summed E-state index contributed by atoms with van der Waals surface area (Å²) in [5, 5.41) is 3.49. The maximum absolute atomic E-state index is 5.84. The van der Waals surface area contributed by atoms with E-state index in [0.29, 0.717) is 12.6 Å². The van der Waals surface area contributed by atoms with Gasteiger partial charge in [-0.1, -0.05) is 28.9 Å². The molecule has 0 aliphatic carbocycles. The van der Waals surface area contributed by atoms with Gasteiger partial charge in [0.05, 0.1) is 6.61 Å². The Kier molecular flexibility index (Phi) is 8.19. The Bertz CT molecular complexity index is 398. The number of rotatable bonds is 9. The molecular formula is C16H26BrNO2. The molecule has 0 fully saturated rings. The minimum atomic E-state index is 0.0586. The van der Waals surface area contributed by atoms with Crippen molar-refractivity contribution in [1.29, 1.82) is 0 Å². The predicted molar refractivity (Wildman–Crippen MR) is 87.4 cm³/mol. The van der Waals surface area contributed by atoms with Crippen LogP contribution in [0, 0.1) is 0 Å². The zero-order valence-electron chi connectivity index (χ0n) is 12.9. The Hall–Kier alpha value is -0.580. The van der Waals surface area contributed by atoms with Crippen molar-refractivity contribution in [2.75, 3.05) is 19.8 Å². The van der Waals surface area contributed by atoms with Crippen molar-refractivity contribution in [2.45, 2.75) is 46.3 Å². The first-order chi connectivity index (χ1) is 9.58. The van der Waals surface area contributed by atoms with Gasteiger partial charge in [-0.05, 0) is 51.4 Å². The molecule has 1 aromatic carbocycles. The van der Waals surface area contributed by atoms with Gasteiger partial charge in [-0.15, -0.1) is 0 Å². The van der Waals surface area contributed by atoms with Crippen molar-refractivity contribution in [3.8, 4) is 5.75 Å². The lowest BCUT2D eigenvalue weighted by atomic mass is 10.1. The molecule has 1 N–H and O–H groups in total. The highest BCUT2D eigenvalue weighted by Gasteiger charge is 2.11. The molecule has 1 aromatic rings. The van der Waals surface area contributed by atoms with Gasteiger partial charge in [0, 0.05) is 17.1 Å². The highest BCUT2D eigenvalue weighted by atomic mass is 79.9. The highest BCUT2D eigenvalue weighted by Crippen LogP contribution is 2.28. The van der Waals surface area contributed by atoms with Gasteiger partial charge in [0.2, 0.25) is 0 Å². The SMILES string of the molecule is CCCNC(C)c1ccc(OC(C)COCC)cc1Br.